The van der Waals surface area contributed by atoms with Gasteiger partial charge in [0.2, 0.25) is 0 Å². The molecule has 0 spiro atoms. The Morgan fingerprint density at radius 2 is 1.68 bits per heavy atom. The molecule has 0 aliphatic rings. The topological polar surface area (TPSA) is 20.2 Å². The predicted octanol–water partition coefficient (Wildman–Crippen LogP) is 4.60. The first-order valence-corrected chi connectivity index (χ1v) is 6.34. The van der Waals surface area contributed by atoms with Crippen molar-refractivity contribution >= 4 is 27.5 Å². The van der Waals surface area contributed by atoms with E-state index >= 15 is 0 Å². The van der Waals surface area contributed by atoms with Gasteiger partial charge in [0.05, 0.1) is 9.50 Å². The molecule has 2 aromatic rings. The van der Waals surface area contributed by atoms with Crippen molar-refractivity contribution in [2.24, 2.45) is 0 Å². The molecule has 1 nitrogen and oxygen atoms in total. The van der Waals surface area contributed by atoms with Crippen molar-refractivity contribution in [1.29, 1.82) is 0 Å². The zero-order valence-electron chi connectivity index (χ0n) is 9.30. The van der Waals surface area contributed by atoms with E-state index in [0.717, 1.165) is 18.2 Å². The average molecular weight is 352 g/mol. The molecule has 0 saturated heterocycles. The van der Waals surface area contributed by atoms with Crippen LogP contribution in [0.1, 0.15) is 17.2 Å². The summed E-state index contributed by atoms with van der Waals surface area (Å²) in [4.78, 5) is 0. The van der Waals surface area contributed by atoms with Crippen LogP contribution in [0.2, 0.25) is 5.02 Å². The lowest BCUT2D eigenvalue weighted by atomic mass is 10.0. The van der Waals surface area contributed by atoms with E-state index in [4.69, 9.17) is 11.6 Å². The van der Waals surface area contributed by atoms with Crippen molar-refractivity contribution in [3.05, 3.63) is 68.4 Å². The van der Waals surface area contributed by atoms with Crippen molar-refractivity contribution < 1.29 is 18.3 Å². The van der Waals surface area contributed by atoms with Crippen molar-refractivity contribution in [1.82, 2.24) is 0 Å². The number of hydrogen-bond acceptors (Lipinski definition) is 1. The lowest BCUT2D eigenvalue weighted by molar-refractivity contribution is 0.214. The molecule has 0 heterocycles. The van der Waals surface area contributed by atoms with Crippen LogP contribution in [0.5, 0.6) is 0 Å². The Morgan fingerprint density at radius 3 is 2.32 bits per heavy atom. The maximum Gasteiger partial charge on any atom is 0.142 e. The Balaban J connectivity index is 2.46. The summed E-state index contributed by atoms with van der Waals surface area (Å²) in [6.45, 7) is 0. The van der Waals surface area contributed by atoms with Gasteiger partial charge in [0.15, 0.2) is 0 Å². The molecule has 2 aromatic carbocycles. The summed E-state index contributed by atoms with van der Waals surface area (Å²) in [6, 6.07) is 5.32. The zero-order chi connectivity index (χ0) is 14.2. The molecule has 0 aliphatic heterocycles. The number of aliphatic hydroxyl groups is 1. The Kier molecular flexibility index (Phi) is 4.18. The van der Waals surface area contributed by atoms with Crippen molar-refractivity contribution in [2.45, 2.75) is 6.10 Å². The van der Waals surface area contributed by atoms with Crippen LogP contribution in [0.4, 0.5) is 13.2 Å². The van der Waals surface area contributed by atoms with Gasteiger partial charge in [-0.05, 0) is 45.8 Å². The summed E-state index contributed by atoms with van der Waals surface area (Å²) >= 11 is 8.34. The van der Waals surface area contributed by atoms with Gasteiger partial charge in [-0.15, -0.1) is 0 Å². The third-order valence-corrected chi connectivity index (χ3v) is 3.51. The Morgan fingerprint density at radius 1 is 1.00 bits per heavy atom. The minimum absolute atomic E-state index is 0.0526. The zero-order valence-corrected chi connectivity index (χ0v) is 11.6. The van der Waals surface area contributed by atoms with E-state index in [1.54, 1.807) is 0 Å². The average Bonchev–Trinajstić information content (AvgIpc) is 2.36. The maximum absolute atomic E-state index is 13.7. The summed E-state index contributed by atoms with van der Waals surface area (Å²) in [6.07, 6.45) is -1.48. The smallest absolute Gasteiger partial charge is 0.142 e. The molecule has 0 radical (unpaired) electrons. The van der Waals surface area contributed by atoms with Crippen LogP contribution >= 0.6 is 27.5 Å². The fourth-order valence-corrected chi connectivity index (χ4v) is 2.04. The maximum atomic E-state index is 13.7. The highest BCUT2D eigenvalue weighted by Gasteiger charge is 2.18. The molecule has 0 saturated carbocycles. The van der Waals surface area contributed by atoms with Gasteiger partial charge in [-0.3, -0.25) is 0 Å². The van der Waals surface area contributed by atoms with Gasteiger partial charge in [0.1, 0.15) is 23.6 Å². The highest BCUT2D eigenvalue weighted by Crippen LogP contribution is 2.29. The van der Waals surface area contributed by atoms with E-state index in [9.17, 15) is 18.3 Å². The van der Waals surface area contributed by atoms with Gasteiger partial charge >= 0.3 is 0 Å². The van der Waals surface area contributed by atoms with Gasteiger partial charge in [0.25, 0.3) is 0 Å². The van der Waals surface area contributed by atoms with E-state index in [-0.39, 0.29) is 20.6 Å². The molecule has 1 unspecified atom stereocenters. The highest BCUT2D eigenvalue weighted by atomic mass is 79.9. The third kappa shape index (κ3) is 2.94. The lowest BCUT2D eigenvalue weighted by Gasteiger charge is -2.13. The fourth-order valence-electron chi connectivity index (χ4n) is 1.61. The number of aliphatic hydroxyl groups excluding tert-OH is 1. The molecule has 6 heteroatoms. The number of halogens is 5. The van der Waals surface area contributed by atoms with Crippen LogP contribution in [0, 0.1) is 17.5 Å². The van der Waals surface area contributed by atoms with Crippen molar-refractivity contribution in [2.75, 3.05) is 0 Å². The first-order valence-electron chi connectivity index (χ1n) is 5.17. The predicted molar refractivity (Wildman–Crippen MR) is 69.5 cm³/mol. The van der Waals surface area contributed by atoms with Gasteiger partial charge in [0, 0.05) is 5.56 Å². The quantitative estimate of drug-likeness (QED) is 0.784. The van der Waals surface area contributed by atoms with Crippen LogP contribution in [-0.2, 0) is 0 Å². The molecule has 0 bridgehead atoms. The van der Waals surface area contributed by atoms with Crippen molar-refractivity contribution in [3.8, 4) is 0 Å². The second kappa shape index (κ2) is 5.53. The van der Waals surface area contributed by atoms with E-state index in [1.807, 2.05) is 0 Å². The molecule has 1 atom stereocenters. The van der Waals surface area contributed by atoms with E-state index < -0.39 is 23.6 Å². The largest absolute Gasteiger partial charge is 0.384 e. The SMILES string of the molecule is OC(c1ccc(Cl)c(F)c1)c1cc(F)c(Br)cc1F. The van der Waals surface area contributed by atoms with Gasteiger partial charge < -0.3 is 5.11 Å². The summed E-state index contributed by atoms with van der Waals surface area (Å²) in [7, 11) is 0. The first kappa shape index (κ1) is 14.4. The van der Waals surface area contributed by atoms with E-state index in [2.05, 4.69) is 15.9 Å². The molecular weight excluding hydrogens is 344 g/mol. The van der Waals surface area contributed by atoms with E-state index in [0.29, 0.717) is 0 Å². The van der Waals surface area contributed by atoms with Crippen LogP contribution in [0.3, 0.4) is 0 Å². The molecular formula is C13H7BrClF3O. The Hall–Kier alpha value is -1.04. The third-order valence-electron chi connectivity index (χ3n) is 2.59. The highest BCUT2D eigenvalue weighted by molar-refractivity contribution is 9.10. The minimum Gasteiger partial charge on any atom is -0.384 e. The number of benzene rings is 2. The van der Waals surface area contributed by atoms with Crippen LogP contribution < -0.4 is 0 Å². The normalized spacial score (nSPS) is 12.5. The summed E-state index contributed by atoms with van der Waals surface area (Å²) in [5.41, 5.74) is -0.190. The lowest BCUT2D eigenvalue weighted by Crippen LogP contribution is -2.04. The minimum atomic E-state index is -1.48. The number of rotatable bonds is 2. The van der Waals surface area contributed by atoms with E-state index in [1.165, 1.54) is 12.1 Å². The monoisotopic (exact) mass is 350 g/mol. The van der Waals surface area contributed by atoms with Gasteiger partial charge in [-0.2, -0.15) is 0 Å². The molecule has 0 amide bonds. The fraction of sp³-hybridized carbons (Fsp3) is 0.0769. The second-order valence-electron chi connectivity index (χ2n) is 3.86. The molecule has 0 aromatic heterocycles. The first-order chi connectivity index (χ1) is 8.90. The molecule has 2 rings (SSSR count). The molecule has 100 valence electrons. The Bertz CT molecular complexity index is 634. The van der Waals surface area contributed by atoms with Crippen LogP contribution in [0.15, 0.2) is 34.8 Å². The molecule has 19 heavy (non-hydrogen) atoms. The number of hydrogen-bond donors (Lipinski definition) is 1. The molecule has 0 aliphatic carbocycles. The van der Waals surface area contributed by atoms with Gasteiger partial charge in [-0.25, -0.2) is 13.2 Å². The standard InChI is InChI=1S/C13H7BrClF3O/c14-8-5-10(16)7(4-11(8)17)13(19)6-1-2-9(15)12(18)3-6/h1-5,13,19H. The molecule has 0 fully saturated rings. The molecule has 1 N–H and O–H groups in total. The summed E-state index contributed by atoms with van der Waals surface area (Å²) < 4.78 is 40.3. The summed E-state index contributed by atoms with van der Waals surface area (Å²) in [5.74, 6) is -2.25. The van der Waals surface area contributed by atoms with Crippen LogP contribution in [-0.4, -0.2) is 5.11 Å². The van der Waals surface area contributed by atoms with Crippen LogP contribution in [0.25, 0.3) is 0 Å². The van der Waals surface area contributed by atoms with Gasteiger partial charge in [-0.1, -0.05) is 17.7 Å². The second-order valence-corrected chi connectivity index (χ2v) is 5.13. The van der Waals surface area contributed by atoms with Crippen molar-refractivity contribution in [3.63, 3.8) is 0 Å². The summed E-state index contributed by atoms with van der Waals surface area (Å²) in [5, 5.41) is 9.86. The Labute approximate surface area is 120 Å².